The van der Waals surface area contributed by atoms with Gasteiger partial charge in [0.25, 0.3) is 17.5 Å². The maximum absolute atomic E-state index is 12.9. The standard InChI is InChI=1S/C20H14ClN3O9/c1-32-15-8-10(7-14(21)17(15)33-9-16(25)26)6-13-18(27)22-20(29)23(19(13)28)11-2-4-12(5-3-11)24(30)31/h2-8H,9H2,1H3,(H,25,26)(H,22,27,29). The summed E-state index contributed by atoms with van der Waals surface area (Å²) in [5, 5.41) is 21.6. The van der Waals surface area contributed by atoms with Gasteiger partial charge in [-0.25, -0.2) is 14.5 Å². The van der Waals surface area contributed by atoms with Crippen LogP contribution in [0.25, 0.3) is 6.08 Å². The number of halogens is 1. The van der Waals surface area contributed by atoms with Crippen molar-refractivity contribution in [1.82, 2.24) is 5.32 Å². The molecule has 0 atom stereocenters. The number of urea groups is 1. The molecule has 33 heavy (non-hydrogen) atoms. The van der Waals surface area contributed by atoms with Gasteiger partial charge in [-0.15, -0.1) is 0 Å². The quantitative estimate of drug-likeness (QED) is 0.264. The van der Waals surface area contributed by atoms with E-state index in [1.54, 1.807) is 0 Å². The van der Waals surface area contributed by atoms with Gasteiger partial charge >= 0.3 is 12.0 Å². The largest absolute Gasteiger partial charge is 0.493 e. The molecule has 0 spiro atoms. The lowest BCUT2D eigenvalue weighted by Crippen LogP contribution is -2.54. The lowest BCUT2D eigenvalue weighted by molar-refractivity contribution is -0.384. The molecule has 13 heteroatoms. The summed E-state index contributed by atoms with van der Waals surface area (Å²) >= 11 is 6.14. The number of nitrogens with zero attached hydrogens (tertiary/aromatic N) is 2. The van der Waals surface area contributed by atoms with Crippen LogP contribution in [0.15, 0.2) is 42.0 Å². The molecule has 0 saturated carbocycles. The summed E-state index contributed by atoms with van der Waals surface area (Å²) in [7, 11) is 1.28. The number of nitro benzene ring substituents is 1. The number of anilines is 1. The highest BCUT2D eigenvalue weighted by atomic mass is 35.5. The first-order chi connectivity index (χ1) is 15.6. The van der Waals surface area contributed by atoms with Gasteiger partial charge in [-0.3, -0.25) is 25.0 Å². The number of nitro groups is 1. The predicted octanol–water partition coefficient (Wildman–Crippen LogP) is 2.39. The van der Waals surface area contributed by atoms with Gasteiger partial charge in [0.1, 0.15) is 5.57 Å². The Morgan fingerprint density at radius 3 is 2.48 bits per heavy atom. The van der Waals surface area contributed by atoms with Crippen LogP contribution in [-0.2, 0) is 14.4 Å². The van der Waals surface area contributed by atoms with Crippen LogP contribution in [0.4, 0.5) is 16.2 Å². The number of carboxylic acid groups (broad SMARTS) is 1. The minimum absolute atomic E-state index is 0.00883. The number of benzene rings is 2. The van der Waals surface area contributed by atoms with Crippen molar-refractivity contribution in [2.75, 3.05) is 18.6 Å². The van der Waals surface area contributed by atoms with E-state index < -0.39 is 40.9 Å². The fourth-order valence-corrected chi connectivity index (χ4v) is 3.15. The number of rotatable bonds is 7. The van der Waals surface area contributed by atoms with Crippen molar-refractivity contribution in [2.24, 2.45) is 0 Å². The molecule has 3 rings (SSSR count). The fraction of sp³-hybridized carbons (Fsp3) is 0.100. The summed E-state index contributed by atoms with van der Waals surface area (Å²) in [5.41, 5.74) is -0.446. The van der Waals surface area contributed by atoms with Crippen LogP contribution in [0, 0.1) is 10.1 Å². The average Bonchev–Trinajstić information content (AvgIpc) is 2.75. The van der Waals surface area contributed by atoms with Crippen molar-refractivity contribution in [2.45, 2.75) is 0 Å². The Morgan fingerprint density at radius 1 is 1.24 bits per heavy atom. The highest BCUT2D eigenvalue weighted by Crippen LogP contribution is 2.37. The third-order valence-corrected chi connectivity index (χ3v) is 4.60. The van der Waals surface area contributed by atoms with E-state index in [0.29, 0.717) is 4.90 Å². The lowest BCUT2D eigenvalue weighted by Gasteiger charge is -2.26. The van der Waals surface area contributed by atoms with Gasteiger partial charge in [0, 0.05) is 12.1 Å². The molecule has 2 aromatic rings. The summed E-state index contributed by atoms with van der Waals surface area (Å²) in [6.07, 6.45) is 1.15. The van der Waals surface area contributed by atoms with Crippen molar-refractivity contribution in [3.05, 3.63) is 62.7 Å². The number of amides is 4. The Kier molecular flexibility index (Phi) is 6.59. The van der Waals surface area contributed by atoms with Crippen LogP contribution in [-0.4, -0.2) is 47.6 Å². The van der Waals surface area contributed by atoms with Gasteiger partial charge in [-0.2, -0.15) is 0 Å². The highest BCUT2D eigenvalue weighted by Gasteiger charge is 2.37. The number of carbonyl (C=O) groups excluding carboxylic acids is 3. The fourth-order valence-electron chi connectivity index (χ4n) is 2.88. The molecule has 1 aliphatic heterocycles. The maximum Gasteiger partial charge on any atom is 0.341 e. The maximum atomic E-state index is 12.9. The van der Waals surface area contributed by atoms with E-state index >= 15 is 0 Å². The monoisotopic (exact) mass is 475 g/mol. The first-order valence-electron chi connectivity index (χ1n) is 9.00. The molecule has 1 saturated heterocycles. The number of aliphatic carboxylic acids is 1. The van der Waals surface area contributed by atoms with E-state index in [1.807, 2.05) is 5.32 Å². The number of hydrogen-bond acceptors (Lipinski definition) is 8. The first kappa shape index (κ1) is 23.2. The molecule has 12 nitrogen and oxygen atoms in total. The molecule has 0 aliphatic carbocycles. The molecule has 2 N–H and O–H groups in total. The van der Waals surface area contributed by atoms with Crippen molar-refractivity contribution < 1.29 is 38.7 Å². The minimum Gasteiger partial charge on any atom is -0.493 e. The number of carbonyl (C=O) groups is 4. The molecular weight excluding hydrogens is 462 g/mol. The van der Waals surface area contributed by atoms with Crippen molar-refractivity contribution in [1.29, 1.82) is 0 Å². The number of methoxy groups -OCH3 is 1. The Bertz CT molecular complexity index is 1210. The van der Waals surface area contributed by atoms with Gasteiger partial charge < -0.3 is 14.6 Å². The minimum atomic E-state index is -1.24. The zero-order chi connectivity index (χ0) is 24.3. The van der Waals surface area contributed by atoms with Crippen LogP contribution in [0.1, 0.15) is 5.56 Å². The summed E-state index contributed by atoms with van der Waals surface area (Å²) in [6, 6.07) is 6.23. The van der Waals surface area contributed by atoms with E-state index in [1.165, 1.54) is 31.4 Å². The van der Waals surface area contributed by atoms with Gasteiger partial charge in [0.2, 0.25) is 0 Å². The van der Waals surface area contributed by atoms with E-state index in [9.17, 15) is 29.3 Å². The van der Waals surface area contributed by atoms with E-state index in [-0.39, 0.29) is 33.5 Å². The molecule has 0 aromatic heterocycles. The normalized spacial score (nSPS) is 14.8. The first-order valence-corrected chi connectivity index (χ1v) is 9.38. The lowest BCUT2D eigenvalue weighted by atomic mass is 10.1. The summed E-state index contributed by atoms with van der Waals surface area (Å²) in [4.78, 5) is 59.1. The molecule has 0 radical (unpaired) electrons. The van der Waals surface area contributed by atoms with Crippen molar-refractivity contribution >= 4 is 52.9 Å². The molecule has 1 fully saturated rings. The van der Waals surface area contributed by atoms with Crippen LogP contribution < -0.4 is 19.7 Å². The molecule has 0 bridgehead atoms. The summed E-state index contributed by atoms with van der Waals surface area (Å²) in [6.45, 7) is -0.677. The molecule has 170 valence electrons. The average molecular weight is 476 g/mol. The Labute approximate surface area is 190 Å². The number of nitrogens with one attached hydrogen (secondary N) is 1. The summed E-state index contributed by atoms with van der Waals surface area (Å²) in [5.74, 6) is -3.18. The third-order valence-electron chi connectivity index (χ3n) is 4.32. The molecular formula is C20H14ClN3O9. The third kappa shape index (κ3) is 4.91. The molecule has 0 unspecified atom stereocenters. The number of carboxylic acids is 1. The summed E-state index contributed by atoms with van der Waals surface area (Å²) < 4.78 is 10.2. The van der Waals surface area contributed by atoms with Crippen molar-refractivity contribution in [3.63, 3.8) is 0 Å². The Balaban J connectivity index is 1.98. The van der Waals surface area contributed by atoms with Gasteiger partial charge in [-0.05, 0) is 35.9 Å². The van der Waals surface area contributed by atoms with Crippen molar-refractivity contribution in [3.8, 4) is 11.5 Å². The van der Waals surface area contributed by atoms with Crippen LogP contribution in [0.5, 0.6) is 11.5 Å². The Hall–Kier alpha value is -4.45. The Morgan fingerprint density at radius 2 is 1.91 bits per heavy atom. The number of ether oxygens (including phenoxy) is 2. The van der Waals surface area contributed by atoms with Gasteiger partial charge in [0.05, 0.1) is 22.7 Å². The molecule has 4 amide bonds. The van der Waals surface area contributed by atoms with E-state index in [4.69, 9.17) is 26.2 Å². The smallest absolute Gasteiger partial charge is 0.341 e. The van der Waals surface area contributed by atoms with Crippen LogP contribution in [0.2, 0.25) is 5.02 Å². The number of non-ortho nitro benzene ring substituents is 1. The second-order valence-electron chi connectivity index (χ2n) is 6.45. The topological polar surface area (TPSA) is 165 Å². The predicted molar refractivity (Wildman–Crippen MR) is 113 cm³/mol. The van der Waals surface area contributed by atoms with Crippen LogP contribution >= 0.6 is 11.6 Å². The molecule has 1 heterocycles. The number of imide groups is 2. The zero-order valence-corrected chi connectivity index (χ0v) is 17.5. The van der Waals surface area contributed by atoms with Gasteiger partial charge in [0.15, 0.2) is 18.1 Å². The zero-order valence-electron chi connectivity index (χ0n) is 16.7. The highest BCUT2D eigenvalue weighted by molar-refractivity contribution is 6.39. The number of hydrogen-bond donors (Lipinski definition) is 2. The second kappa shape index (κ2) is 9.36. The van der Waals surface area contributed by atoms with Gasteiger partial charge in [-0.1, -0.05) is 11.6 Å². The SMILES string of the molecule is COc1cc(C=C2C(=O)NC(=O)N(c3ccc([N+](=O)[O-])cc3)C2=O)cc(Cl)c1OCC(=O)O. The van der Waals surface area contributed by atoms with Crippen LogP contribution in [0.3, 0.4) is 0 Å². The molecule has 2 aromatic carbocycles. The second-order valence-corrected chi connectivity index (χ2v) is 6.86. The van der Waals surface area contributed by atoms with E-state index in [0.717, 1.165) is 18.2 Å². The van der Waals surface area contributed by atoms with E-state index in [2.05, 4.69) is 0 Å². The number of barbiturate groups is 1. The molecule has 1 aliphatic rings.